The first-order chi connectivity index (χ1) is 11.8. The van der Waals surface area contributed by atoms with Crippen LogP contribution < -0.4 is 11.3 Å². The van der Waals surface area contributed by atoms with Gasteiger partial charge in [0.15, 0.2) is 0 Å². The Morgan fingerprint density at radius 3 is 2.76 bits per heavy atom. The zero-order chi connectivity index (χ0) is 18.3. The molecule has 0 aromatic carbocycles. The second-order valence-electron chi connectivity index (χ2n) is 6.00. The summed E-state index contributed by atoms with van der Waals surface area (Å²) in [4.78, 5) is 32.4. The van der Waals surface area contributed by atoms with Crippen LogP contribution in [0, 0.1) is 13.8 Å². The van der Waals surface area contributed by atoms with Crippen molar-refractivity contribution >= 4 is 11.6 Å². The molecule has 0 saturated carbocycles. The van der Waals surface area contributed by atoms with Crippen LogP contribution in [0.25, 0.3) is 16.9 Å². The molecule has 3 heterocycles. The normalized spacial score (nSPS) is 12.5. The fourth-order valence-corrected chi connectivity index (χ4v) is 2.76. The molecule has 25 heavy (non-hydrogen) atoms. The molecule has 130 valence electrons. The molecule has 0 fully saturated rings. The van der Waals surface area contributed by atoms with Gasteiger partial charge in [0.2, 0.25) is 0 Å². The van der Waals surface area contributed by atoms with Crippen LogP contribution in [-0.2, 0) is 18.3 Å². The van der Waals surface area contributed by atoms with Gasteiger partial charge < -0.3 is 19.8 Å². The molecule has 3 N–H and O–H groups in total. The number of fused-ring (bicyclic) bond motifs is 1. The van der Waals surface area contributed by atoms with E-state index in [1.54, 1.807) is 40.5 Å². The molecule has 0 aliphatic rings. The van der Waals surface area contributed by atoms with Crippen molar-refractivity contribution in [3.05, 3.63) is 52.0 Å². The topological polar surface area (TPSA) is 116 Å². The van der Waals surface area contributed by atoms with Gasteiger partial charge in [0.25, 0.3) is 5.56 Å². The highest BCUT2D eigenvalue weighted by Crippen LogP contribution is 2.22. The summed E-state index contributed by atoms with van der Waals surface area (Å²) in [7, 11) is 1.71. The number of rotatable bonds is 4. The van der Waals surface area contributed by atoms with Crippen LogP contribution in [0.2, 0.25) is 0 Å². The summed E-state index contributed by atoms with van der Waals surface area (Å²) in [5, 5.41) is 9.02. The maximum Gasteiger partial charge on any atom is 0.320 e. The maximum absolute atomic E-state index is 12.6. The molecule has 0 saturated heterocycles. The standard InChI is InChI=1S/C17H19N5O3/c1-9-10(2)21(3)16(23)14(20-9)12-5-4-11(8-13(18)17(24)25)22-7-6-19-15(12)22/h4-7,13H,8,18H2,1-3H3,(H,24,25)/t13-/m0/s1. The highest BCUT2D eigenvalue weighted by atomic mass is 16.4. The number of carboxylic acids is 1. The van der Waals surface area contributed by atoms with Crippen molar-refractivity contribution < 1.29 is 9.90 Å². The summed E-state index contributed by atoms with van der Waals surface area (Å²) in [6.07, 6.45) is 3.47. The minimum atomic E-state index is -1.07. The van der Waals surface area contributed by atoms with E-state index in [4.69, 9.17) is 10.8 Å². The smallest absolute Gasteiger partial charge is 0.320 e. The lowest BCUT2D eigenvalue weighted by Crippen LogP contribution is -2.32. The molecule has 8 heteroatoms. The van der Waals surface area contributed by atoms with Crippen LogP contribution in [0.15, 0.2) is 29.3 Å². The molecule has 3 aromatic rings. The van der Waals surface area contributed by atoms with Gasteiger partial charge in [-0.05, 0) is 26.0 Å². The number of nitrogens with zero attached hydrogens (tertiary/aromatic N) is 4. The molecule has 3 rings (SSSR count). The van der Waals surface area contributed by atoms with Gasteiger partial charge in [0.1, 0.15) is 17.4 Å². The second kappa shape index (κ2) is 6.14. The van der Waals surface area contributed by atoms with Gasteiger partial charge >= 0.3 is 5.97 Å². The molecule has 0 unspecified atom stereocenters. The van der Waals surface area contributed by atoms with Crippen molar-refractivity contribution in [3.63, 3.8) is 0 Å². The maximum atomic E-state index is 12.6. The molecular weight excluding hydrogens is 322 g/mol. The predicted octanol–water partition coefficient (Wildman–Crippen LogP) is 0.666. The number of pyridine rings is 1. The van der Waals surface area contributed by atoms with Crippen LogP contribution in [-0.4, -0.2) is 36.1 Å². The zero-order valence-corrected chi connectivity index (χ0v) is 14.2. The van der Waals surface area contributed by atoms with Gasteiger partial charge in [-0.3, -0.25) is 9.59 Å². The van der Waals surface area contributed by atoms with Crippen LogP contribution in [0.3, 0.4) is 0 Å². The third kappa shape index (κ3) is 2.80. The number of nitrogens with two attached hydrogens (primary N) is 1. The molecule has 1 atom stereocenters. The van der Waals surface area contributed by atoms with Gasteiger partial charge in [0.05, 0.1) is 5.69 Å². The van der Waals surface area contributed by atoms with Crippen molar-refractivity contribution in [2.75, 3.05) is 0 Å². The number of carbonyl (C=O) groups is 1. The van der Waals surface area contributed by atoms with E-state index in [1.807, 2.05) is 13.8 Å². The number of aliphatic carboxylic acids is 1. The highest BCUT2D eigenvalue weighted by molar-refractivity contribution is 5.76. The van der Waals surface area contributed by atoms with E-state index in [0.29, 0.717) is 22.6 Å². The summed E-state index contributed by atoms with van der Waals surface area (Å²) in [6, 6.07) is 2.48. The first kappa shape index (κ1) is 16.8. The molecule has 0 bridgehead atoms. The lowest BCUT2D eigenvalue weighted by Gasteiger charge is -2.13. The Labute approximate surface area is 143 Å². The summed E-state index contributed by atoms with van der Waals surface area (Å²) >= 11 is 0. The summed E-state index contributed by atoms with van der Waals surface area (Å²) < 4.78 is 3.31. The number of aryl methyl sites for hydroxylation is 1. The van der Waals surface area contributed by atoms with Gasteiger partial charge in [-0.2, -0.15) is 0 Å². The quantitative estimate of drug-likeness (QED) is 0.720. The van der Waals surface area contributed by atoms with E-state index in [-0.39, 0.29) is 12.0 Å². The van der Waals surface area contributed by atoms with E-state index < -0.39 is 12.0 Å². The van der Waals surface area contributed by atoms with Crippen LogP contribution >= 0.6 is 0 Å². The van der Waals surface area contributed by atoms with Gasteiger partial charge in [-0.25, -0.2) is 9.97 Å². The fraction of sp³-hybridized carbons (Fsp3) is 0.294. The lowest BCUT2D eigenvalue weighted by atomic mass is 10.1. The average molecular weight is 341 g/mol. The Bertz CT molecular complexity index is 1030. The molecule has 0 aliphatic carbocycles. The molecule has 0 amide bonds. The number of imidazole rings is 1. The van der Waals surface area contributed by atoms with Gasteiger partial charge in [0, 0.05) is 42.8 Å². The molecule has 0 aliphatic heterocycles. The van der Waals surface area contributed by atoms with E-state index >= 15 is 0 Å². The summed E-state index contributed by atoms with van der Waals surface area (Å²) in [6.45, 7) is 3.69. The van der Waals surface area contributed by atoms with E-state index in [1.165, 1.54) is 0 Å². The fourth-order valence-electron chi connectivity index (χ4n) is 2.76. The Morgan fingerprint density at radius 1 is 1.36 bits per heavy atom. The molecule has 3 aromatic heterocycles. The Morgan fingerprint density at radius 2 is 2.08 bits per heavy atom. The van der Waals surface area contributed by atoms with E-state index in [9.17, 15) is 9.59 Å². The lowest BCUT2D eigenvalue weighted by molar-refractivity contribution is -0.138. The van der Waals surface area contributed by atoms with Crippen molar-refractivity contribution in [2.45, 2.75) is 26.3 Å². The van der Waals surface area contributed by atoms with E-state index in [2.05, 4.69) is 9.97 Å². The zero-order valence-electron chi connectivity index (χ0n) is 14.2. The Kier molecular flexibility index (Phi) is 4.13. The molecule has 0 spiro atoms. The van der Waals surface area contributed by atoms with Gasteiger partial charge in [-0.1, -0.05) is 0 Å². The minimum Gasteiger partial charge on any atom is -0.480 e. The third-order valence-electron chi connectivity index (χ3n) is 4.45. The highest BCUT2D eigenvalue weighted by Gasteiger charge is 2.18. The molecule has 0 radical (unpaired) electrons. The van der Waals surface area contributed by atoms with Crippen LogP contribution in [0.5, 0.6) is 0 Å². The minimum absolute atomic E-state index is 0.154. The summed E-state index contributed by atoms with van der Waals surface area (Å²) in [5.41, 5.74) is 9.16. The first-order valence-corrected chi connectivity index (χ1v) is 7.79. The van der Waals surface area contributed by atoms with Crippen molar-refractivity contribution in [3.8, 4) is 11.3 Å². The monoisotopic (exact) mass is 341 g/mol. The largest absolute Gasteiger partial charge is 0.480 e. The first-order valence-electron chi connectivity index (χ1n) is 7.79. The Balaban J connectivity index is 2.19. The SMILES string of the molecule is Cc1nc(-c2ccc(C[C@H](N)C(=O)O)n3ccnc23)c(=O)n(C)c1C. The van der Waals surface area contributed by atoms with Crippen LogP contribution in [0.1, 0.15) is 17.1 Å². The Hall–Kier alpha value is -3.00. The van der Waals surface area contributed by atoms with Crippen molar-refractivity contribution in [1.29, 1.82) is 0 Å². The average Bonchev–Trinajstić information content (AvgIpc) is 3.07. The molecular formula is C17H19N5O3. The number of carboxylic acid groups (broad SMARTS) is 1. The van der Waals surface area contributed by atoms with Gasteiger partial charge in [-0.15, -0.1) is 0 Å². The third-order valence-corrected chi connectivity index (χ3v) is 4.45. The summed E-state index contributed by atoms with van der Waals surface area (Å²) in [5.74, 6) is -1.07. The van der Waals surface area contributed by atoms with Crippen LogP contribution in [0.4, 0.5) is 0 Å². The van der Waals surface area contributed by atoms with Crippen molar-refractivity contribution in [1.82, 2.24) is 18.9 Å². The molecule has 8 nitrogen and oxygen atoms in total. The number of hydrogen-bond acceptors (Lipinski definition) is 5. The second-order valence-corrected chi connectivity index (χ2v) is 6.00. The van der Waals surface area contributed by atoms with E-state index in [0.717, 1.165) is 11.4 Å². The number of aromatic nitrogens is 4. The number of hydrogen-bond donors (Lipinski definition) is 2. The predicted molar refractivity (Wildman–Crippen MR) is 92.5 cm³/mol. The van der Waals surface area contributed by atoms with Crippen molar-refractivity contribution in [2.24, 2.45) is 12.8 Å².